The average molecular weight is 351 g/mol. The van der Waals surface area contributed by atoms with Gasteiger partial charge in [-0.3, -0.25) is 4.72 Å². The molecule has 2 aromatic rings. The lowest BCUT2D eigenvalue weighted by Gasteiger charge is -2.08. The van der Waals surface area contributed by atoms with Crippen molar-refractivity contribution in [1.82, 2.24) is 5.32 Å². The first-order chi connectivity index (χ1) is 9.44. The van der Waals surface area contributed by atoms with E-state index in [0.29, 0.717) is 11.6 Å². The Balaban J connectivity index is 2.28. The van der Waals surface area contributed by atoms with E-state index >= 15 is 0 Å². The minimum absolute atomic E-state index is 0.185. The molecule has 0 fully saturated rings. The second-order valence-electron chi connectivity index (χ2n) is 4.01. The fourth-order valence-electron chi connectivity index (χ4n) is 1.57. The van der Waals surface area contributed by atoms with Crippen LogP contribution in [-0.2, 0) is 16.6 Å². The summed E-state index contributed by atoms with van der Waals surface area (Å²) in [5.41, 5.74) is 1.18. The number of nitrogens with one attached hydrogen (secondary N) is 2. The van der Waals surface area contributed by atoms with Crippen LogP contribution < -0.4 is 10.0 Å². The number of hydrogen-bond donors (Lipinski definition) is 2. The summed E-state index contributed by atoms with van der Waals surface area (Å²) in [5, 5.41) is 5.25. The van der Waals surface area contributed by atoms with Crippen molar-refractivity contribution in [2.45, 2.75) is 10.8 Å². The van der Waals surface area contributed by atoms with Crippen LogP contribution in [0.25, 0.3) is 0 Å². The number of thiophene rings is 1. The highest BCUT2D eigenvalue weighted by Crippen LogP contribution is 2.32. The predicted molar refractivity (Wildman–Crippen MR) is 84.4 cm³/mol. The molecule has 1 aromatic carbocycles. The summed E-state index contributed by atoms with van der Waals surface area (Å²) in [4.78, 5) is 0. The molecule has 108 valence electrons. The van der Waals surface area contributed by atoms with E-state index in [1.807, 2.05) is 0 Å². The smallest absolute Gasteiger partial charge is 0.271 e. The van der Waals surface area contributed by atoms with Crippen molar-refractivity contribution in [3.63, 3.8) is 0 Å². The molecule has 0 saturated carbocycles. The standard InChI is InChI=1S/C12H12Cl2N2O2S2/c1-15-6-8-5-11(19-7-8)20(17,18)16-10-4-2-3-9(13)12(10)14/h2-5,7,15-16H,6H2,1H3. The fourth-order valence-corrected chi connectivity index (χ4v) is 4.25. The van der Waals surface area contributed by atoms with Crippen molar-refractivity contribution in [1.29, 1.82) is 0 Å². The number of anilines is 1. The number of halogens is 2. The van der Waals surface area contributed by atoms with Gasteiger partial charge in [-0.15, -0.1) is 11.3 Å². The maximum Gasteiger partial charge on any atom is 0.271 e. The van der Waals surface area contributed by atoms with Gasteiger partial charge >= 0.3 is 0 Å². The Morgan fingerprint density at radius 3 is 2.75 bits per heavy atom. The van der Waals surface area contributed by atoms with Crippen LogP contribution in [0.15, 0.2) is 33.9 Å². The maximum atomic E-state index is 12.3. The van der Waals surface area contributed by atoms with Crippen molar-refractivity contribution in [2.75, 3.05) is 11.8 Å². The summed E-state index contributed by atoms with van der Waals surface area (Å²) in [7, 11) is -1.85. The van der Waals surface area contributed by atoms with E-state index in [1.54, 1.807) is 36.7 Å². The highest BCUT2D eigenvalue weighted by molar-refractivity contribution is 7.94. The predicted octanol–water partition coefficient (Wildman–Crippen LogP) is 3.58. The van der Waals surface area contributed by atoms with Crippen LogP contribution in [0.4, 0.5) is 5.69 Å². The van der Waals surface area contributed by atoms with E-state index in [4.69, 9.17) is 23.2 Å². The van der Waals surface area contributed by atoms with E-state index in [1.165, 1.54) is 0 Å². The lowest BCUT2D eigenvalue weighted by atomic mass is 10.3. The first kappa shape index (κ1) is 15.6. The summed E-state index contributed by atoms with van der Waals surface area (Å²) >= 11 is 13.0. The zero-order valence-electron chi connectivity index (χ0n) is 10.5. The molecule has 2 N–H and O–H groups in total. The molecule has 1 heterocycles. The highest BCUT2D eigenvalue weighted by atomic mass is 35.5. The highest BCUT2D eigenvalue weighted by Gasteiger charge is 2.18. The molecule has 0 amide bonds. The lowest BCUT2D eigenvalue weighted by molar-refractivity contribution is 0.603. The van der Waals surface area contributed by atoms with Crippen LogP contribution in [0.1, 0.15) is 5.56 Å². The third-order valence-corrected chi connectivity index (χ3v) is 6.14. The van der Waals surface area contributed by atoms with Crippen molar-refractivity contribution in [3.05, 3.63) is 45.3 Å². The number of hydrogen-bond acceptors (Lipinski definition) is 4. The van der Waals surface area contributed by atoms with Gasteiger partial charge in [0.1, 0.15) is 4.21 Å². The van der Waals surface area contributed by atoms with E-state index in [2.05, 4.69) is 10.0 Å². The molecule has 0 aliphatic heterocycles. The van der Waals surface area contributed by atoms with E-state index in [-0.39, 0.29) is 14.9 Å². The zero-order chi connectivity index (χ0) is 14.8. The summed E-state index contributed by atoms with van der Waals surface area (Å²) in [5.74, 6) is 0. The van der Waals surface area contributed by atoms with Crippen molar-refractivity contribution >= 4 is 50.2 Å². The van der Waals surface area contributed by atoms with Crippen LogP contribution in [0.2, 0.25) is 10.0 Å². The normalized spacial score (nSPS) is 11.6. The Kier molecular flexibility index (Phi) is 4.93. The van der Waals surface area contributed by atoms with Crippen molar-refractivity contribution in [3.8, 4) is 0 Å². The van der Waals surface area contributed by atoms with Gasteiger partial charge in [0, 0.05) is 6.54 Å². The second kappa shape index (κ2) is 6.32. The van der Waals surface area contributed by atoms with Crippen LogP contribution >= 0.6 is 34.5 Å². The zero-order valence-corrected chi connectivity index (χ0v) is 13.6. The van der Waals surface area contributed by atoms with Gasteiger partial charge in [0.2, 0.25) is 0 Å². The summed E-state index contributed by atoms with van der Waals surface area (Å²) in [6.07, 6.45) is 0. The van der Waals surface area contributed by atoms with E-state index in [9.17, 15) is 8.42 Å². The summed E-state index contributed by atoms with van der Waals surface area (Å²) in [6, 6.07) is 6.42. The van der Waals surface area contributed by atoms with Gasteiger partial charge in [0.15, 0.2) is 0 Å². The SMILES string of the molecule is CNCc1csc(S(=O)(=O)Nc2cccc(Cl)c2Cl)c1. The molecule has 0 unspecified atom stereocenters. The number of benzene rings is 1. The maximum absolute atomic E-state index is 12.3. The van der Waals surface area contributed by atoms with Crippen LogP contribution in [-0.4, -0.2) is 15.5 Å². The van der Waals surface area contributed by atoms with Gasteiger partial charge in [-0.2, -0.15) is 0 Å². The van der Waals surface area contributed by atoms with Gasteiger partial charge < -0.3 is 5.32 Å². The molecule has 2 rings (SSSR count). The fraction of sp³-hybridized carbons (Fsp3) is 0.167. The molecule has 0 atom stereocenters. The molecule has 0 saturated heterocycles. The van der Waals surface area contributed by atoms with Gasteiger partial charge in [-0.05, 0) is 36.2 Å². The van der Waals surface area contributed by atoms with Gasteiger partial charge in [0.25, 0.3) is 10.0 Å². The molecule has 0 bridgehead atoms. The first-order valence-electron chi connectivity index (χ1n) is 5.63. The Labute approximate surface area is 131 Å². The minimum atomic E-state index is -3.65. The third-order valence-electron chi connectivity index (χ3n) is 2.47. The quantitative estimate of drug-likeness (QED) is 0.866. The number of sulfonamides is 1. The third kappa shape index (κ3) is 3.45. The Bertz CT molecular complexity index is 714. The van der Waals surface area contributed by atoms with Crippen LogP contribution in [0, 0.1) is 0 Å². The second-order valence-corrected chi connectivity index (χ2v) is 7.62. The van der Waals surface area contributed by atoms with Crippen molar-refractivity contribution in [2.24, 2.45) is 0 Å². The first-order valence-corrected chi connectivity index (χ1v) is 8.75. The molecule has 1 aromatic heterocycles. The molecule has 0 aliphatic carbocycles. The average Bonchev–Trinajstić information content (AvgIpc) is 2.85. The molecular formula is C12H12Cl2N2O2S2. The molecule has 0 spiro atoms. The minimum Gasteiger partial charge on any atom is -0.316 e. The monoisotopic (exact) mass is 350 g/mol. The van der Waals surface area contributed by atoms with Gasteiger partial charge in [0.05, 0.1) is 15.7 Å². The summed E-state index contributed by atoms with van der Waals surface area (Å²) in [6.45, 7) is 0.615. The van der Waals surface area contributed by atoms with Gasteiger partial charge in [-0.1, -0.05) is 29.3 Å². The molecule has 0 aliphatic rings. The molecular weight excluding hydrogens is 339 g/mol. The van der Waals surface area contributed by atoms with Crippen molar-refractivity contribution < 1.29 is 8.42 Å². The topological polar surface area (TPSA) is 58.2 Å². The molecule has 4 nitrogen and oxygen atoms in total. The lowest BCUT2D eigenvalue weighted by Crippen LogP contribution is -2.12. The Hall–Kier alpha value is -0.790. The van der Waals surface area contributed by atoms with E-state index in [0.717, 1.165) is 16.9 Å². The van der Waals surface area contributed by atoms with Crippen LogP contribution in [0.3, 0.4) is 0 Å². The number of rotatable bonds is 5. The van der Waals surface area contributed by atoms with Gasteiger partial charge in [-0.25, -0.2) is 8.42 Å². The molecule has 20 heavy (non-hydrogen) atoms. The largest absolute Gasteiger partial charge is 0.316 e. The summed E-state index contributed by atoms with van der Waals surface area (Å²) < 4.78 is 27.2. The van der Waals surface area contributed by atoms with E-state index < -0.39 is 10.0 Å². The molecule has 0 radical (unpaired) electrons. The molecule has 8 heteroatoms. The Morgan fingerprint density at radius 1 is 1.30 bits per heavy atom. The van der Waals surface area contributed by atoms with Crippen LogP contribution in [0.5, 0.6) is 0 Å². The Morgan fingerprint density at radius 2 is 2.05 bits per heavy atom.